The van der Waals surface area contributed by atoms with Crippen LogP contribution in [0.25, 0.3) is 0 Å². The van der Waals surface area contributed by atoms with Crippen molar-refractivity contribution in [2.75, 3.05) is 0 Å². The summed E-state index contributed by atoms with van der Waals surface area (Å²) in [4.78, 5) is 61.0. The summed E-state index contributed by atoms with van der Waals surface area (Å²) in [5.74, 6) is -3.00. The molecule has 0 saturated carbocycles. The molecule has 2 aliphatic rings. The molecule has 3 atom stereocenters. The quantitative estimate of drug-likeness (QED) is 0.311. The zero-order chi connectivity index (χ0) is 24.6. The van der Waals surface area contributed by atoms with E-state index in [1.807, 2.05) is 0 Å². The molecule has 13 heteroatoms. The molecule has 1 saturated heterocycles. The first kappa shape index (κ1) is 23.8. The second-order valence-corrected chi connectivity index (χ2v) is 8.61. The van der Waals surface area contributed by atoms with Gasteiger partial charge in [-0.2, -0.15) is 0 Å². The van der Waals surface area contributed by atoms with Crippen molar-refractivity contribution >= 4 is 29.8 Å². The van der Waals surface area contributed by atoms with Gasteiger partial charge in [0, 0.05) is 12.0 Å². The van der Waals surface area contributed by atoms with Crippen molar-refractivity contribution in [1.29, 1.82) is 0 Å². The van der Waals surface area contributed by atoms with Gasteiger partial charge in [-0.25, -0.2) is 14.0 Å². The molecule has 0 aliphatic carbocycles. The second-order valence-electron chi connectivity index (χ2n) is 8.61. The highest BCUT2D eigenvalue weighted by molar-refractivity contribution is 6.08. The molecule has 5 N–H and O–H groups in total. The molecule has 0 unspecified atom stereocenters. The van der Waals surface area contributed by atoms with Crippen molar-refractivity contribution in [1.82, 2.24) is 26.8 Å². The van der Waals surface area contributed by atoms with E-state index < -0.39 is 58.9 Å². The lowest BCUT2D eigenvalue weighted by Crippen LogP contribution is -2.58. The molecule has 1 fully saturated rings. The summed E-state index contributed by atoms with van der Waals surface area (Å²) >= 11 is 0. The number of amides is 6. The van der Waals surface area contributed by atoms with Crippen LogP contribution < -0.4 is 31.5 Å². The number of rotatable bonds is 3. The standard InChI is InChI=1S/C20H24FN5O7/c1-9(22-18(31)33-19(2,3)4)14(27)25-26-15(28)13-8-20(16(29)23-17(30)24-20)11-7-10(21)5-6-12(11)32-13/h5-7,9,13H,8H2,1-4H3,(H,22,31)(H,25,27)(H,26,28)(H2,23,24,29,30)/t9-,13-,20-/m0/s1. The van der Waals surface area contributed by atoms with E-state index >= 15 is 0 Å². The highest BCUT2D eigenvalue weighted by Crippen LogP contribution is 2.41. The van der Waals surface area contributed by atoms with Crippen LogP contribution in [0.4, 0.5) is 14.0 Å². The summed E-state index contributed by atoms with van der Waals surface area (Å²) in [6.07, 6.45) is -2.49. The van der Waals surface area contributed by atoms with Gasteiger partial charge < -0.3 is 20.1 Å². The number of nitrogens with one attached hydrogen (secondary N) is 5. The van der Waals surface area contributed by atoms with Gasteiger partial charge in [-0.1, -0.05) is 0 Å². The lowest BCUT2D eigenvalue weighted by molar-refractivity contribution is -0.136. The van der Waals surface area contributed by atoms with Gasteiger partial charge in [0.15, 0.2) is 11.6 Å². The number of halogens is 1. The maximum absolute atomic E-state index is 13.8. The number of hydrazine groups is 1. The predicted molar refractivity (Wildman–Crippen MR) is 109 cm³/mol. The van der Waals surface area contributed by atoms with Crippen LogP contribution in [0.2, 0.25) is 0 Å². The van der Waals surface area contributed by atoms with Crippen molar-refractivity contribution in [2.45, 2.75) is 57.4 Å². The third kappa shape index (κ3) is 5.13. The van der Waals surface area contributed by atoms with E-state index in [9.17, 15) is 28.4 Å². The summed E-state index contributed by atoms with van der Waals surface area (Å²) in [7, 11) is 0. The average Bonchev–Trinajstić information content (AvgIpc) is 2.97. The number of hydrogen-bond acceptors (Lipinski definition) is 7. The second kappa shape index (κ2) is 8.56. The molecule has 12 nitrogen and oxygen atoms in total. The number of alkyl carbamates (subject to hydrolysis) is 1. The zero-order valence-electron chi connectivity index (χ0n) is 18.3. The molecular weight excluding hydrogens is 441 g/mol. The first-order valence-electron chi connectivity index (χ1n) is 10.0. The Morgan fingerprint density at radius 3 is 2.55 bits per heavy atom. The van der Waals surface area contributed by atoms with Gasteiger partial charge in [-0.15, -0.1) is 0 Å². The molecule has 33 heavy (non-hydrogen) atoms. The number of carbonyl (C=O) groups excluding carboxylic acids is 5. The third-order valence-corrected chi connectivity index (χ3v) is 4.83. The monoisotopic (exact) mass is 465 g/mol. The van der Waals surface area contributed by atoms with Crippen LogP contribution in [0, 0.1) is 5.82 Å². The number of carbonyl (C=O) groups is 5. The minimum absolute atomic E-state index is 0.0198. The van der Waals surface area contributed by atoms with Crippen LogP contribution in [-0.2, 0) is 24.7 Å². The molecule has 1 aromatic carbocycles. The predicted octanol–water partition coefficient (Wildman–Crippen LogP) is 0.0721. The lowest BCUT2D eigenvalue weighted by atomic mass is 9.81. The van der Waals surface area contributed by atoms with E-state index in [2.05, 4.69) is 26.8 Å². The summed E-state index contributed by atoms with van der Waals surface area (Å²) in [6, 6.07) is 1.50. The normalized spacial score (nSPS) is 22.3. The van der Waals surface area contributed by atoms with Gasteiger partial charge in [0.1, 0.15) is 23.2 Å². The number of imide groups is 1. The Balaban J connectivity index is 1.67. The number of urea groups is 1. The Morgan fingerprint density at radius 1 is 1.24 bits per heavy atom. The highest BCUT2D eigenvalue weighted by atomic mass is 19.1. The Morgan fingerprint density at radius 2 is 1.94 bits per heavy atom. The molecule has 178 valence electrons. The fraction of sp³-hybridized carbons (Fsp3) is 0.450. The SMILES string of the molecule is C[C@H](NC(=O)OC(C)(C)C)C(=O)NNC(=O)[C@@H]1C[C@]2(NC(=O)NC2=O)c2cc(F)ccc2O1. The summed E-state index contributed by atoms with van der Waals surface area (Å²) in [5.41, 5.74) is 1.88. The number of hydrogen-bond donors (Lipinski definition) is 5. The number of fused-ring (bicyclic) bond motifs is 2. The number of ether oxygens (including phenoxy) is 2. The van der Waals surface area contributed by atoms with Crippen LogP contribution in [0.15, 0.2) is 18.2 Å². The summed E-state index contributed by atoms with van der Waals surface area (Å²) < 4.78 is 24.4. The van der Waals surface area contributed by atoms with Crippen molar-refractivity contribution in [3.63, 3.8) is 0 Å². The minimum atomic E-state index is -1.72. The summed E-state index contributed by atoms with van der Waals surface area (Å²) in [6.45, 7) is 6.36. The van der Waals surface area contributed by atoms with E-state index in [-0.39, 0.29) is 17.7 Å². The fourth-order valence-corrected chi connectivity index (χ4v) is 3.35. The third-order valence-electron chi connectivity index (χ3n) is 4.83. The van der Waals surface area contributed by atoms with Gasteiger partial charge in [-0.05, 0) is 45.9 Å². The lowest BCUT2D eigenvalue weighted by Gasteiger charge is -2.36. The van der Waals surface area contributed by atoms with Crippen molar-refractivity contribution in [3.05, 3.63) is 29.6 Å². The Bertz CT molecular complexity index is 1020. The number of benzene rings is 1. The molecule has 0 bridgehead atoms. The van der Waals surface area contributed by atoms with E-state index in [1.54, 1.807) is 20.8 Å². The van der Waals surface area contributed by atoms with Gasteiger partial charge in [-0.3, -0.25) is 30.6 Å². The maximum Gasteiger partial charge on any atom is 0.408 e. The first-order chi connectivity index (χ1) is 15.3. The largest absolute Gasteiger partial charge is 0.480 e. The fourth-order valence-electron chi connectivity index (χ4n) is 3.35. The Hall–Kier alpha value is -3.90. The highest BCUT2D eigenvalue weighted by Gasteiger charge is 2.54. The van der Waals surface area contributed by atoms with Crippen LogP contribution in [0.1, 0.15) is 39.7 Å². The van der Waals surface area contributed by atoms with Crippen LogP contribution in [-0.4, -0.2) is 47.6 Å². The average molecular weight is 465 g/mol. The molecule has 2 heterocycles. The zero-order valence-corrected chi connectivity index (χ0v) is 18.3. The van der Waals surface area contributed by atoms with Gasteiger partial charge in [0.05, 0.1) is 0 Å². The molecule has 2 aliphatic heterocycles. The summed E-state index contributed by atoms with van der Waals surface area (Å²) in [5, 5.41) is 6.83. The smallest absolute Gasteiger partial charge is 0.408 e. The molecule has 1 aromatic rings. The molecule has 0 radical (unpaired) electrons. The van der Waals surface area contributed by atoms with Gasteiger partial charge in [0.2, 0.25) is 0 Å². The minimum Gasteiger partial charge on any atom is -0.480 e. The molecule has 3 rings (SSSR count). The van der Waals surface area contributed by atoms with Crippen molar-refractivity contribution in [2.24, 2.45) is 0 Å². The molecule has 1 spiro atoms. The van der Waals surface area contributed by atoms with E-state index in [0.29, 0.717) is 0 Å². The Labute approximate surface area is 187 Å². The topological polar surface area (TPSA) is 164 Å². The first-order valence-corrected chi connectivity index (χ1v) is 10.0. The van der Waals surface area contributed by atoms with Crippen molar-refractivity contribution in [3.8, 4) is 5.75 Å². The van der Waals surface area contributed by atoms with Crippen LogP contribution >= 0.6 is 0 Å². The van der Waals surface area contributed by atoms with E-state index in [4.69, 9.17) is 9.47 Å². The van der Waals surface area contributed by atoms with E-state index in [1.165, 1.54) is 13.0 Å². The van der Waals surface area contributed by atoms with Crippen LogP contribution in [0.3, 0.4) is 0 Å². The van der Waals surface area contributed by atoms with Gasteiger partial charge >= 0.3 is 12.1 Å². The molecular formula is C20H24FN5O7. The molecule has 0 aromatic heterocycles. The molecule has 6 amide bonds. The maximum atomic E-state index is 13.8. The van der Waals surface area contributed by atoms with Gasteiger partial charge in [0.25, 0.3) is 17.7 Å². The van der Waals surface area contributed by atoms with E-state index in [0.717, 1.165) is 12.1 Å². The Kier molecular flexibility index (Phi) is 6.16. The van der Waals surface area contributed by atoms with Crippen LogP contribution in [0.5, 0.6) is 5.75 Å². The van der Waals surface area contributed by atoms with Crippen molar-refractivity contribution < 1.29 is 37.8 Å².